The number of rotatable bonds is 0. The molecule has 0 aliphatic carbocycles. The Labute approximate surface area is 285 Å². The Morgan fingerprint density at radius 3 is 1.18 bits per heavy atom. The van der Waals surface area contributed by atoms with Gasteiger partial charge in [0.15, 0.2) is 0 Å². The fourth-order valence-electron chi connectivity index (χ4n) is 7.76. The van der Waals surface area contributed by atoms with E-state index in [0.717, 1.165) is 87.1 Å². The Kier molecular flexibility index (Phi) is 6.69. The molecule has 238 valence electrons. The minimum atomic E-state index is -3.30. The lowest BCUT2D eigenvalue weighted by Crippen LogP contribution is -2.30. The van der Waals surface area contributed by atoms with Crippen molar-refractivity contribution in [3.8, 4) is 0 Å². The molecular formula is C43H34N2O2P2. The summed E-state index contributed by atoms with van der Waals surface area (Å²) in [5, 5.41) is 14.9. The molecule has 0 spiro atoms. The van der Waals surface area contributed by atoms with Crippen LogP contribution in [0.15, 0.2) is 146 Å². The topological polar surface area (TPSA) is 49.4 Å². The number of nitrogens with one attached hydrogen (secondary N) is 1. The van der Waals surface area contributed by atoms with Crippen LogP contribution in [0.4, 0.5) is 22.7 Å². The summed E-state index contributed by atoms with van der Waals surface area (Å²) in [7, 11) is -4.56. The van der Waals surface area contributed by atoms with Crippen LogP contribution in [-0.4, -0.2) is 20.4 Å². The highest BCUT2D eigenvalue weighted by atomic mass is 31.2. The quantitative estimate of drug-likeness (QED) is 0.163. The van der Waals surface area contributed by atoms with Gasteiger partial charge in [-0.05, 0) is 82.0 Å². The third-order valence-electron chi connectivity index (χ3n) is 10.3. The first-order chi connectivity index (χ1) is 23.7. The number of hydrogen-bond acceptors (Lipinski definition) is 4. The van der Waals surface area contributed by atoms with Crippen LogP contribution in [0, 0.1) is 0 Å². The highest BCUT2D eigenvalue weighted by Gasteiger charge is 2.35. The average Bonchev–Trinajstić information content (AvgIpc) is 3.12. The Morgan fingerprint density at radius 1 is 0.429 bits per heavy atom. The van der Waals surface area contributed by atoms with Gasteiger partial charge in [0.2, 0.25) is 0 Å². The molecule has 8 aromatic rings. The van der Waals surface area contributed by atoms with Gasteiger partial charge in [0.05, 0.1) is 22.7 Å². The zero-order chi connectivity index (χ0) is 33.5. The zero-order valence-electron chi connectivity index (χ0n) is 27.5. The van der Waals surface area contributed by atoms with Gasteiger partial charge in [-0.3, -0.25) is 0 Å². The normalized spacial score (nSPS) is 19.0. The summed E-state index contributed by atoms with van der Waals surface area (Å²) in [5.74, 6) is 0. The van der Waals surface area contributed by atoms with E-state index < -0.39 is 14.3 Å². The van der Waals surface area contributed by atoms with Gasteiger partial charge in [-0.15, -0.1) is 0 Å². The van der Waals surface area contributed by atoms with Crippen molar-refractivity contribution in [1.29, 1.82) is 0 Å². The predicted octanol–water partition coefficient (Wildman–Crippen LogP) is 10.0. The van der Waals surface area contributed by atoms with Gasteiger partial charge in [-0.2, -0.15) is 0 Å². The van der Waals surface area contributed by atoms with Crippen molar-refractivity contribution >= 4 is 101 Å². The monoisotopic (exact) mass is 672 g/mol. The summed E-state index contributed by atoms with van der Waals surface area (Å²) in [4.78, 5) is 2.16. The maximum Gasteiger partial charge on any atom is 0.144 e. The van der Waals surface area contributed by atoms with Crippen molar-refractivity contribution in [1.82, 2.24) is 0 Å². The molecule has 0 aromatic heterocycles. The third-order valence-corrected chi connectivity index (χ3v) is 15.4. The Hall–Kier alpha value is -5.14. The zero-order valence-corrected chi connectivity index (χ0v) is 29.3. The molecule has 1 heterocycles. The van der Waals surface area contributed by atoms with Crippen molar-refractivity contribution < 1.29 is 9.13 Å². The molecule has 1 N–H and O–H groups in total. The van der Waals surface area contributed by atoms with Crippen LogP contribution >= 0.6 is 14.3 Å². The standard InChI is InChI=1S/C43H34N2O2P2/c1-45-42-34-18-10-8-12-28(34)20-22-38(42)48(2,46)40-26-32-16-6-4-14-30(32)24-36(40)44-37-25-31-15-5-7-17-33(31)27-41(37)49(3,47)39-23-21-29-13-9-11-19-35(29)43(39)45/h4-27,44H,1-3H3. The van der Waals surface area contributed by atoms with Gasteiger partial charge in [0.1, 0.15) is 14.3 Å². The smallest absolute Gasteiger partial charge is 0.144 e. The van der Waals surface area contributed by atoms with Crippen molar-refractivity contribution in [3.05, 3.63) is 146 Å². The number of fused-ring (bicyclic) bond motifs is 10. The summed E-state index contributed by atoms with van der Waals surface area (Å²) < 4.78 is 31.7. The van der Waals surface area contributed by atoms with E-state index in [0.29, 0.717) is 0 Å². The van der Waals surface area contributed by atoms with E-state index in [2.05, 4.69) is 95.1 Å². The molecule has 0 bridgehead atoms. The molecule has 9 rings (SSSR count). The molecule has 2 atom stereocenters. The van der Waals surface area contributed by atoms with Crippen LogP contribution in [-0.2, 0) is 9.13 Å². The van der Waals surface area contributed by atoms with Crippen molar-refractivity contribution in [3.63, 3.8) is 0 Å². The molecule has 1 aliphatic heterocycles. The molecule has 49 heavy (non-hydrogen) atoms. The summed E-state index contributed by atoms with van der Waals surface area (Å²) in [5.41, 5.74) is 3.23. The van der Waals surface area contributed by atoms with E-state index in [4.69, 9.17) is 0 Å². The second-order valence-electron chi connectivity index (χ2n) is 13.3. The van der Waals surface area contributed by atoms with Crippen LogP contribution < -0.4 is 31.4 Å². The Bertz CT molecular complexity index is 2580. The molecule has 0 fully saturated rings. The lowest BCUT2D eigenvalue weighted by molar-refractivity contribution is 0.590. The minimum Gasteiger partial charge on any atom is -0.354 e. The van der Waals surface area contributed by atoms with E-state index in [1.54, 1.807) is 0 Å². The second-order valence-corrected chi connectivity index (χ2v) is 18.9. The van der Waals surface area contributed by atoms with Crippen molar-refractivity contribution in [2.24, 2.45) is 0 Å². The Balaban J connectivity index is 1.49. The molecule has 2 unspecified atom stereocenters. The maximum absolute atomic E-state index is 15.9. The lowest BCUT2D eigenvalue weighted by atomic mass is 10.0. The molecule has 0 saturated carbocycles. The van der Waals surface area contributed by atoms with E-state index in [-0.39, 0.29) is 0 Å². The molecule has 0 saturated heterocycles. The van der Waals surface area contributed by atoms with Crippen LogP contribution in [0.1, 0.15) is 0 Å². The largest absolute Gasteiger partial charge is 0.354 e. The van der Waals surface area contributed by atoms with E-state index >= 15 is 9.13 Å². The molecular weight excluding hydrogens is 638 g/mol. The number of benzene rings is 8. The SMILES string of the molecule is CN1c2c(ccc3ccccc23)P(C)(=O)c2cc3ccccc3cc2Nc2cc3ccccc3cc2P(C)(=O)c2ccc3ccccc3c21. The average molecular weight is 673 g/mol. The second kappa shape index (κ2) is 10.9. The molecule has 6 heteroatoms. The molecule has 0 radical (unpaired) electrons. The third kappa shape index (κ3) is 4.59. The summed E-state index contributed by atoms with van der Waals surface area (Å²) in [6, 6.07) is 49.5. The highest BCUT2D eigenvalue weighted by molar-refractivity contribution is 7.79. The Morgan fingerprint density at radius 2 is 0.776 bits per heavy atom. The molecule has 0 amide bonds. The fourth-order valence-corrected chi connectivity index (χ4v) is 12.3. The van der Waals surface area contributed by atoms with Crippen LogP contribution in [0.5, 0.6) is 0 Å². The van der Waals surface area contributed by atoms with Gasteiger partial charge in [-0.25, -0.2) is 0 Å². The van der Waals surface area contributed by atoms with Crippen molar-refractivity contribution in [2.45, 2.75) is 0 Å². The maximum atomic E-state index is 15.9. The van der Waals surface area contributed by atoms with E-state index in [1.165, 1.54) is 0 Å². The summed E-state index contributed by atoms with van der Waals surface area (Å²) in [6.07, 6.45) is 0. The van der Waals surface area contributed by atoms with E-state index in [1.807, 2.05) is 81.0 Å². The number of nitrogens with zero attached hydrogens (tertiary/aromatic N) is 1. The van der Waals surface area contributed by atoms with Gasteiger partial charge in [0.25, 0.3) is 0 Å². The summed E-state index contributed by atoms with van der Waals surface area (Å²) in [6.45, 7) is 3.79. The molecule has 8 aromatic carbocycles. The predicted molar refractivity (Wildman–Crippen MR) is 213 cm³/mol. The molecule has 1 aliphatic rings. The van der Waals surface area contributed by atoms with E-state index in [9.17, 15) is 0 Å². The fraction of sp³-hybridized carbons (Fsp3) is 0.0698. The van der Waals surface area contributed by atoms with Crippen LogP contribution in [0.3, 0.4) is 0 Å². The first-order valence-electron chi connectivity index (χ1n) is 16.5. The number of anilines is 4. The highest BCUT2D eigenvalue weighted by Crippen LogP contribution is 2.52. The summed E-state index contributed by atoms with van der Waals surface area (Å²) >= 11 is 0. The van der Waals surface area contributed by atoms with Crippen LogP contribution in [0.25, 0.3) is 43.1 Å². The number of hydrogen-bond donors (Lipinski definition) is 1. The van der Waals surface area contributed by atoms with Gasteiger partial charge in [0, 0.05) is 39.0 Å². The first-order valence-corrected chi connectivity index (χ1v) is 20.8. The lowest BCUT2D eigenvalue weighted by Gasteiger charge is -2.33. The van der Waals surface area contributed by atoms with Crippen LogP contribution in [0.2, 0.25) is 0 Å². The molecule has 4 nitrogen and oxygen atoms in total. The minimum absolute atomic E-state index is 0.736. The first kappa shape index (κ1) is 30.0. The van der Waals surface area contributed by atoms with Gasteiger partial charge >= 0.3 is 0 Å². The van der Waals surface area contributed by atoms with Crippen molar-refractivity contribution in [2.75, 3.05) is 30.6 Å². The van der Waals surface area contributed by atoms with Gasteiger partial charge < -0.3 is 19.3 Å². The van der Waals surface area contributed by atoms with Gasteiger partial charge in [-0.1, -0.05) is 109 Å².